The first-order valence-corrected chi connectivity index (χ1v) is 11.0. The normalized spacial score (nSPS) is 27.9. The third-order valence-electron chi connectivity index (χ3n) is 7.79. The molecule has 0 N–H and O–H groups in total. The number of hydrogen-bond donors (Lipinski definition) is 0. The summed E-state index contributed by atoms with van der Waals surface area (Å²) in [6, 6.07) is 20.6. The summed E-state index contributed by atoms with van der Waals surface area (Å²) in [7, 11) is 0. The van der Waals surface area contributed by atoms with Crippen LogP contribution in [0.5, 0.6) is 11.5 Å². The van der Waals surface area contributed by atoms with E-state index in [-0.39, 0.29) is 30.3 Å². The summed E-state index contributed by atoms with van der Waals surface area (Å²) >= 11 is 0. The molecule has 0 unspecified atom stereocenters. The smallest absolute Gasteiger partial charge is 0.239 e. The summed E-state index contributed by atoms with van der Waals surface area (Å²) in [5.74, 6) is -1.37. The number of Topliss-reactive ketones (excluding diaryl/α,β-unsaturated/α-hetero) is 1. The van der Waals surface area contributed by atoms with Crippen molar-refractivity contribution >= 4 is 23.3 Å². The van der Waals surface area contributed by atoms with Crippen LogP contribution in [0.4, 0.5) is 5.69 Å². The van der Waals surface area contributed by atoms with Crippen LogP contribution in [0.1, 0.15) is 35.1 Å². The van der Waals surface area contributed by atoms with Crippen LogP contribution in [-0.4, -0.2) is 24.4 Å². The Bertz CT molecular complexity index is 1360. The zero-order valence-corrected chi connectivity index (χ0v) is 17.8. The molecular weight excluding hydrogens is 418 g/mol. The van der Waals surface area contributed by atoms with Crippen molar-refractivity contribution in [3.8, 4) is 11.5 Å². The average Bonchev–Trinajstić information content (AvgIpc) is 3.41. The summed E-state index contributed by atoms with van der Waals surface area (Å²) in [6.07, 6.45) is 0. The summed E-state index contributed by atoms with van der Waals surface area (Å²) in [5.41, 5.74) is 2.86. The van der Waals surface area contributed by atoms with Gasteiger partial charge in [0.2, 0.25) is 18.6 Å². The molecule has 162 valence electrons. The molecule has 6 nitrogen and oxygen atoms in total. The Hall–Kier alpha value is -3.93. The van der Waals surface area contributed by atoms with Crippen molar-refractivity contribution < 1.29 is 23.9 Å². The van der Waals surface area contributed by atoms with E-state index >= 15 is 0 Å². The van der Waals surface area contributed by atoms with Crippen molar-refractivity contribution in [2.75, 3.05) is 11.7 Å². The number of rotatable bonds is 2. The highest BCUT2D eigenvalue weighted by Crippen LogP contribution is 2.64. The van der Waals surface area contributed by atoms with E-state index in [1.807, 2.05) is 48.5 Å². The molecule has 0 radical (unpaired) electrons. The largest absolute Gasteiger partial charge is 0.454 e. The molecule has 0 spiro atoms. The number of anilines is 1. The zero-order valence-electron chi connectivity index (χ0n) is 17.8. The molecule has 0 saturated carbocycles. The van der Waals surface area contributed by atoms with Crippen LogP contribution in [0.3, 0.4) is 0 Å². The van der Waals surface area contributed by atoms with Gasteiger partial charge in [0.15, 0.2) is 11.5 Å². The number of nitrogens with zero attached hydrogens (tertiary/aromatic N) is 1. The van der Waals surface area contributed by atoms with Gasteiger partial charge in [0.1, 0.15) is 5.78 Å². The molecule has 5 aliphatic rings. The Morgan fingerprint density at radius 3 is 2.18 bits per heavy atom. The Labute approximate surface area is 189 Å². The predicted octanol–water partition coefficient (Wildman–Crippen LogP) is 3.56. The number of imide groups is 1. The van der Waals surface area contributed by atoms with E-state index in [9.17, 15) is 14.4 Å². The monoisotopic (exact) mass is 437 g/mol. The van der Waals surface area contributed by atoms with Crippen molar-refractivity contribution in [3.63, 3.8) is 0 Å². The molecular formula is C27H19NO5. The standard InChI is InChI=1S/C27H19NO5/c1-14(29)27-18-8-4-2-6-16(18)22(17-7-3-5-9-19(17)27)23-24(27)26(31)28(25(23)30)15-10-11-20-21(12-15)33-13-32-20/h2-12,22-24H,13H2,1H3/t22?,23-,24+,27?/m0/s1. The maximum absolute atomic E-state index is 14.1. The quantitative estimate of drug-likeness (QED) is 0.574. The third kappa shape index (κ3) is 2.02. The number of ketones is 1. The molecule has 2 bridgehead atoms. The molecule has 0 aromatic heterocycles. The van der Waals surface area contributed by atoms with Gasteiger partial charge in [0.25, 0.3) is 0 Å². The molecule has 2 aliphatic heterocycles. The lowest BCUT2D eigenvalue weighted by atomic mass is 9.46. The molecule has 3 aromatic carbocycles. The highest BCUT2D eigenvalue weighted by Gasteiger charge is 2.70. The maximum Gasteiger partial charge on any atom is 0.239 e. The lowest BCUT2D eigenvalue weighted by Crippen LogP contribution is -2.57. The van der Waals surface area contributed by atoms with E-state index in [1.165, 1.54) is 11.8 Å². The number of carbonyl (C=O) groups is 3. The Balaban J connectivity index is 1.50. The van der Waals surface area contributed by atoms with E-state index in [2.05, 4.69) is 0 Å². The maximum atomic E-state index is 14.1. The van der Waals surface area contributed by atoms with Crippen molar-refractivity contribution in [2.45, 2.75) is 18.3 Å². The summed E-state index contributed by atoms with van der Waals surface area (Å²) in [4.78, 5) is 42.8. The van der Waals surface area contributed by atoms with Crippen LogP contribution < -0.4 is 14.4 Å². The van der Waals surface area contributed by atoms with E-state index in [4.69, 9.17) is 9.47 Å². The summed E-state index contributed by atoms with van der Waals surface area (Å²) in [6.45, 7) is 1.64. The van der Waals surface area contributed by atoms with Crippen LogP contribution in [-0.2, 0) is 19.8 Å². The second-order valence-electron chi connectivity index (χ2n) is 9.07. The molecule has 2 atom stereocenters. The summed E-state index contributed by atoms with van der Waals surface area (Å²) in [5, 5.41) is 0. The number of amides is 2. The van der Waals surface area contributed by atoms with E-state index < -0.39 is 17.3 Å². The van der Waals surface area contributed by atoms with Crippen molar-refractivity contribution in [2.24, 2.45) is 11.8 Å². The second-order valence-corrected chi connectivity index (χ2v) is 9.07. The Morgan fingerprint density at radius 2 is 1.52 bits per heavy atom. The van der Waals surface area contributed by atoms with Crippen molar-refractivity contribution in [3.05, 3.63) is 89.0 Å². The van der Waals surface area contributed by atoms with Crippen LogP contribution in [0.2, 0.25) is 0 Å². The van der Waals surface area contributed by atoms with Gasteiger partial charge in [0.05, 0.1) is 22.9 Å². The molecule has 6 heteroatoms. The zero-order chi connectivity index (χ0) is 22.5. The number of fused-ring (bicyclic) bond motifs is 1. The highest BCUT2D eigenvalue weighted by molar-refractivity contribution is 6.25. The molecule has 8 rings (SSSR count). The summed E-state index contributed by atoms with van der Waals surface area (Å²) < 4.78 is 10.9. The van der Waals surface area contributed by atoms with Gasteiger partial charge in [0, 0.05) is 12.0 Å². The van der Waals surface area contributed by atoms with Gasteiger partial charge in [-0.15, -0.1) is 0 Å². The number of carbonyl (C=O) groups excluding carboxylic acids is 3. The minimum absolute atomic E-state index is 0.103. The van der Waals surface area contributed by atoms with Gasteiger partial charge in [-0.2, -0.15) is 0 Å². The van der Waals surface area contributed by atoms with Gasteiger partial charge in [-0.1, -0.05) is 48.5 Å². The molecule has 2 heterocycles. The van der Waals surface area contributed by atoms with Crippen molar-refractivity contribution in [1.82, 2.24) is 0 Å². The van der Waals surface area contributed by atoms with E-state index in [0.29, 0.717) is 17.2 Å². The fourth-order valence-corrected chi connectivity index (χ4v) is 6.65. The molecule has 1 fully saturated rings. The first-order valence-electron chi connectivity index (χ1n) is 11.0. The predicted molar refractivity (Wildman–Crippen MR) is 118 cm³/mol. The number of benzene rings is 3. The number of hydrogen-bond acceptors (Lipinski definition) is 5. The molecule has 1 saturated heterocycles. The second kappa shape index (κ2) is 6.10. The lowest BCUT2D eigenvalue weighted by molar-refractivity contribution is -0.132. The van der Waals surface area contributed by atoms with Gasteiger partial charge in [-0.25, -0.2) is 4.90 Å². The first-order chi connectivity index (χ1) is 16.0. The Kier molecular flexibility index (Phi) is 3.44. The van der Waals surface area contributed by atoms with Gasteiger partial charge in [-0.3, -0.25) is 14.4 Å². The minimum atomic E-state index is -1.19. The van der Waals surface area contributed by atoms with E-state index in [0.717, 1.165) is 22.3 Å². The highest BCUT2D eigenvalue weighted by atomic mass is 16.7. The van der Waals surface area contributed by atoms with Crippen LogP contribution in [0, 0.1) is 11.8 Å². The molecule has 33 heavy (non-hydrogen) atoms. The average molecular weight is 437 g/mol. The minimum Gasteiger partial charge on any atom is -0.454 e. The lowest BCUT2D eigenvalue weighted by Gasteiger charge is -2.52. The van der Waals surface area contributed by atoms with Crippen molar-refractivity contribution in [1.29, 1.82) is 0 Å². The molecule has 2 amide bonds. The van der Waals surface area contributed by atoms with Crippen LogP contribution >= 0.6 is 0 Å². The van der Waals surface area contributed by atoms with Crippen LogP contribution in [0.25, 0.3) is 0 Å². The third-order valence-corrected chi connectivity index (χ3v) is 7.79. The SMILES string of the molecule is CC(=O)C12c3ccccc3C(c3ccccc31)[C@@H]1C(=O)N(c3ccc4c(c3)OCO4)C(=O)[C@@H]12. The first kappa shape index (κ1) is 18.6. The van der Waals surface area contributed by atoms with E-state index in [1.54, 1.807) is 18.2 Å². The van der Waals surface area contributed by atoms with Gasteiger partial charge in [-0.05, 0) is 41.3 Å². The number of ether oxygens (including phenoxy) is 2. The molecule has 3 aliphatic carbocycles. The topological polar surface area (TPSA) is 72.9 Å². The fourth-order valence-electron chi connectivity index (χ4n) is 6.65. The van der Waals surface area contributed by atoms with Crippen LogP contribution in [0.15, 0.2) is 66.7 Å². The molecule has 3 aromatic rings. The van der Waals surface area contributed by atoms with Gasteiger partial charge < -0.3 is 9.47 Å². The van der Waals surface area contributed by atoms with Gasteiger partial charge >= 0.3 is 0 Å². The fraction of sp³-hybridized carbons (Fsp3) is 0.222. The Morgan fingerprint density at radius 1 is 0.879 bits per heavy atom.